The second-order valence-electron chi connectivity index (χ2n) is 3.85. The van der Waals surface area contributed by atoms with Crippen molar-refractivity contribution >= 4 is 17.7 Å². The van der Waals surface area contributed by atoms with Gasteiger partial charge in [-0.05, 0) is 12.8 Å². The van der Waals surface area contributed by atoms with E-state index in [9.17, 15) is 14.4 Å². The summed E-state index contributed by atoms with van der Waals surface area (Å²) in [6.07, 6.45) is 1.70. The number of amides is 1. The number of hydrogen-bond acceptors (Lipinski definition) is 4. The molecule has 0 unspecified atom stereocenters. The highest BCUT2D eigenvalue weighted by molar-refractivity contribution is 5.88. The third kappa shape index (κ3) is 6.71. The Hall–Kier alpha value is -1.39. The fourth-order valence-corrected chi connectivity index (χ4v) is 1.42. The average Bonchev–Trinajstić information content (AvgIpc) is 2.34. The van der Waals surface area contributed by atoms with Gasteiger partial charge in [0.15, 0.2) is 5.78 Å². The lowest BCUT2D eigenvalue weighted by Gasteiger charge is -2.11. The quantitative estimate of drug-likeness (QED) is 0.647. The van der Waals surface area contributed by atoms with E-state index in [1.807, 2.05) is 13.8 Å². The fraction of sp³-hybridized carbons (Fsp3) is 0.750. The van der Waals surface area contributed by atoms with E-state index in [0.29, 0.717) is 0 Å². The highest BCUT2D eigenvalue weighted by Gasteiger charge is 2.15. The molecule has 0 radical (unpaired) electrons. The Kier molecular flexibility index (Phi) is 8.01. The van der Waals surface area contributed by atoms with E-state index in [-0.39, 0.29) is 37.0 Å². The molecule has 0 rings (SSSR count). The topological polar surface area (TPSA) is 72.5 Å². The molecule has 0 aliphatic heterocycles. The summed E-state index contributed by atoms with van der Waals surface area (Å²) in [5, 5.41) is 2.59. The van der Waals surface area contributed by atoms with Gasteiger partial charge < -0.3 is 10.1 Å². The number of hydrogen-bond donors (Lipinski definition) is 1. The third-order valence-electron chi connectivity index (χ3n) is 2.65. The van der Waals surface area contributed by atoms with E-state index in [1.165, 1.54) is 7.11 Å². The first-order valence-electron chi connectivity index (χ1n) is 5.91. The molecule has 0 aromatic heterocycles. The van der Waals surface area contributed by atoms with Gasteiger partial charge in [0, 0.05) is 12.3 Å². The number of methoxy groups -OCH3 is 1. The van der Waals surface area contributed by atoms with E-state index in [0.717, 1.165) is 12.8 Å². The highest BCUT2D eigenvalue weighted by Crippen LogP contribution is 2.06. The van der Waals surface area contributed by atoms with Crippen LogP contribution in [0, 0.1) is 5.92 Å². The monoisotopic (exact) mass is 243 g/mol. The van der Waals surface area contributed by atoms with E-state index < -0.39 is 5.97 Å². The van der Waals surface area contributed by atoms with E-state index in [1.54, 1.807) is 0 Å². The molecule has 5 heteroatoms. The van der Waals surface area contributed by atoms with Crippen LogP contribution in [0.5, 0.6) is 0 Å². The Labute approximate surface area is 102 Å². The van der Waals surface area contributed by atoms with Gasteiger partial charge in [-0.2, -0.15) is 0 Å². The van der Waals surface area contributed by atoms with Gasteiger partial charge in [0.1, 0.15) is 0 Å². The Morgan fingerprint density at radius 2 is 1.71 bits per heavy atom. The van der Waals surface area contributed by atoms with Crippen LogP contribution in [0.25, 0.3) is 0 Å². The fourth-order valence-electron chi connectivity index (χ4n) is 1.42. The zero-order valence-corrected chi connectivity index (χ0v) is 10.7. The van der Waals surface area contributed by atoms with Crippen molar-refractivity contribution in [3.8, 4) is 0 Å². The van der Waals surface area contributed by atoms with E-state index >= 15 is 0 Å². The Bertz CT molecular complexity index is 272. The van der Waals surface area contributed by atoms with Crippen molar-refractivity contribution in [1.82, 2.24) is 5.32 Å². The molecule has 0 saturated carbocycles. The highest BCUT2D eigenvalue weighted by atomic mass is 16.5. The Morgan fingerprint density at radius 1 is 1.12 bits per heavy atom. The first kappa shape index (κ1) is 15.6. The standard InChI is InChI=1S/C12H21NO4/c1-4-9(5-2)12(16)13-8-10(14)6-7-11(15)17-3/h9H,4-8H2,1-3H3,(H,13,16). The molecule has 0 aromatic carbocycles. The smallest absolute Gasteiger partial charge is 0.305 e. The summed E-state index contributed by atoms with van der Waals surface area (Å²) in [6.45, 7) is 3.87. The molecular weight excluding hydrogens is 222 g/mol. The predicted octanol–water partition coefficient (Wildman–Crippen LogP) is 1.06. The van der Waals surface area contributed by atoms with Gasteiger partial charge in [0.2, 0.25) is 5.91 Å². The van der Waals surface area contributed by atoms with Crippen molar-refractivity contribution in [2.24, 2.45) is 5.92 Å². The molecule has 0 aliphatic rings. The molecule has 0 aromatic rings. The number of Topliss-reactive ketones (excluding diaryl/α,β-unsaturated/α-hetero) is 1. The van der Waals surface area contributed by atoms with Crippen LogP contribution in [0.4, 0.5) is 0 Å². The van der Waals surface area contributed by atoms with Crippen molar-refractivity contribution < 1.29 is 19.1 Å². The molecule has 0 spiro atoms. The van der Waals surface area contributed by atoms with Crippen molar-refractivity contribution in [1.29, 1.82) is 0 Å². The van der Waals surface area contributed by atoms with Crippen molar-refractivity contribution in [2.45, 2.75) is 39.5 Å². The number of nitrogens with one attached hydrogen (secondary N) is 1. The average molecular weight is 243 g/mol. The van der Waals surface area contributed by atoms with Crippen molar-refractivity contribution in [3.05, 3.63) is 0 Å². The molecule has 17 heavy (non-hydrogen) atoms. The van der Waals surface area contributed by atoms with Crippen LogP contribution < -0.4 is 5.32 Å². The zero-order chi connectivity index (χ0) is 13.3. The Morgan fingerprint density at radius 3 is 2.18 bits per heavy atom. The van der Waals surface area contributed by atoms with Crippen molar-refractivity contribution in [3.63, 3.8) is 0 Å². The number of ketones is 1. The van der Waals surface area contributed by atoms with Gasteiger partial charge in [-0.15, -0.1) is 0 Å². The number of ether oxygens (including phenoxy) is 1. The first-order valence-corrected chi connectivity index (χ1v) is 5.91. The third-order valence-corrected chi connectivity index (χ3v) is 2.65. The molecule has 0 saturated heterocycles. The lowest BCUT2D eigenvalue weighted by atomic mass is 10.0. The zero-order valence-electron chi connectivity index (χ0n) is 10.7. The lowest BCUT2D eigenvalue weighted by Crippen LogP contribution is -2.34. The van der Waals surface area contributed by atoms with Gasteiger partial charge in [0.25, 0.3) is 0 Å². The molecule has 0 heterocycles. The maximum Gasteiger partial charge on any atom is 0.305 e. The Balaban J connectivity index is 3.83. The molecule has 0 bridgehead atoms. The molecular formula is C12H21NO4. The van der Waals surface area contributed by atoms with Crippen LogP contribution in [0.1, 0.15) is 39.5 Å². The molecule has 98 valence electrons. The minimum atomic E-state index is -0.412. The molecule has 0 fully saturated rings. The summed E-state index contributed by atoms with van der Waals surface area (Å²) < 4.78 is 4.42. The number of carbonyl (C=O) groups excluding carboxylic acids is 3. The number of esters is 1. The molecule has 1 N–H and O–H groups in total. The maximum absolute atomic E-state index is 11.5. The molecule has 5 nitrogen and oxygen atoms in total. The summed E-state index contributed by atoms with van der Waals surface area (Å²) in [5.74, 6) is -0.704. The van der Waals surface area contributed by atoms with Gasteiger partial charge in [-0.3, -0.25) is 14.4 Å². The minimum absolute atomic E-state index is 0.00761. The summed E-state index contributed by atoms with van der Waals surface area (Å²) in [6, 6.07) is 0. The second kappa shape index (κ2) is 8.73. The van der Waals surface area contributed by atoms with Gasteiger partial charge >= 0.3 is 5.97 Å². The molecule has 1 amide bonds. The maximum atomic E-state index is 11.5. The first-order chi connectivity index (χ1) is 8.04. The van der Waals surface area contributed by atoms with Crippen LogP contribution in [0.2, 0.25) is 0 Å². The van der Waals surface area contributed by atoms with Gasteiger partial charge in [0.05, 0.1) is 20.1 Å². The van der Waals surface area contributed by atoms with Crippen LogP contribution in [-0.2, 0) is 19.1 Å². The summed E-state index contributed by atoms with van der Waals surface area (Å²) >= 11 is 0. The molecule has 0 aliphatic carbocycles. The number of carbonyl (C=O) groups is 3. The van der Waals surface area contributed by atoms with Crippen LogP contribution >= 0.6 is 0 Å². The summed E-state index contributed by atoms with van der Waals surface area (Å²) in [5.41, 5.74) is 0. The SMILES string of the molecule is CCC(CC)C(=O)NCC(=O)CCC(=O)OC. The van der Waals surface area contributed by atoms with E-state index in [4.69, 9.17) is 0 Å². The van der Waals surface area contributed by atoms with Crippen LogP contribution in [-0.4, -0.2) is 31.3 Å². The largest absolute Gasteiger partial charge is 0.469 e. The van der Waals surface area contributed by atoms with Crippen molar-refractivity contribution in [2.75, 3.05) is 13.7 Å². The van der Waals surface area contributed by atoms with Gasteiger partial charge in [-0.25, -0.2) is 0 Å². The lowest BCUT2D eigenvalue weighted by molar-refractivity contribution is -0.141. The second-order valence-corrected chi connectivity index (χ2v) is 3.85. The van der Waals surface area contributed by atoms with Crippen LogP contribution in [0.15, 0.2) is 0 Å². The predicted molar refractivity (Wildman–Crippen MR) is 63.3 cm³/mol. The van der Waals surface area contributed by atoms with Crippen LogP contribution in [0.3, 0.4) is 0 Å². The summed E-state index contributed by atoms with van der Waals surface area (Å²) in [4.78, 5) is 33.7. The normalized spacial score (nSPS) is 10.1. The number of rotatable bonds is 8. The molecule has 0 atom stereocenters. The summed E-state index contributed by atoms with van der Waals surface area (Å²) in [7, 11) is 1.28. The van der Waals surface area contributed by atoms with Gasteiger partial charge in [-0.1, -0.05) is 13.8 Å². The minimum Gasteiger partial charge on any atom is -0.469 e. The van der Waals surface area contributed by atoms with E-state index in [2.05, 4.69) is 10.1 Å².